The van der Waals surface area contributed by atoms with E-state index in [1.54, 1.807) is 13.2 Å². The molecule has 148 valence electrons. The number of aryl methyl sites for hydroxylation is 1. The lowest BCUT2D eigenvalue weighted by atomic mass is 10.0. The molecule has 9 heteroatoms. The van der Waals surface area contributed by atoms with Crippen molar-refractivity contribution in [1.82, 2.24) is 10.6 Å². The standard InChI is InChI=1S/C18H25N3O5S/c1-11-7-8-14(26-2)12(9-11)19-16(22)6-4-3-5-15-17-13(10-27(15,24)25)20-18(23)21-17/h7-9,13,15,17H,3-6,10H2,1-2H3,(H,19,22)(H2,20,21,23)/t13-,15-,17+/m1/s1. The predicted molar refractivity (Wildman–Crippen MR) is 102 cm³/mol. The van der Waals surface area contributed by atoms with E-state index >= 15 is 0 Å². The number of fused-ring (bicyclic) bond motifs is 1. The van der Waals surface area contributed by atoms with Crippen LogP contribution in [-0.2, 0) is 14.6 Å². The van der Waals surface area contributed by atoms with Gasteiger partial charge in [-0.05, 0) is 37.5 Å². The van der Waals surface area contributed by atoms with Crippen LogP contribution in [0.3, 0.4) is 0 Å². The number of carbonyl (C=O) groups is 2. The molecule has 0 radical (unpaired) electrons. The summed E-state index contributed by atoms with van der Waals surface area (Å²) in [5.74, 6) is 0.442. The highest BCUT2D eigenvalue weighted by Crippen LogP contribution is 2.29. The molecule has 0 aromatic heterocycles. The second-order valence-electron chi connectivity index (χ2n) is 7.12. The van der Waals surface area contributed by atoms with Crippen LogP contribution in [0, 0.1) is 6.92 Å². The van der Waals surface area contributed by atoms with Crippen molar-refractivity contribution in [3.8, 4) is 5.75 Å². The lowest BCUT2D eigenvalue weighted by molar-refractivity contribution is -0.116. The Morgan fingerprint density at radius 3 is 2.81 bits per heavy atom. The van der Waals surface area contributed by atoms with Crippen LogP contribution in [0.5, 0.6) is 5.75 Å². The number of hydrogen-bond acceptors (Lipinski definition) is 5. The number of sulfone groups is 1. The molecule has 2 fully saturated rings. The molecule has 0 spiro atoms. The van der Waals surface area contributed by atoms with Crippen LogP contribution in [-0.4, -0.2) is 50.6 Å². The number of nitrogens with one attached hydrogen (secondary N) is 3. The first-order valence-electron chi connectivity index (χ1n) is 9.03. The molecular formula is C18H25N3O5S. The summed E-state index contributed by atoms with van der Waals surface area (Å²) in [6.07, 6.45) is 1.90. The Kier molecular flexibility index (Phi) is 5.59. The highest BCUT2D eigenvalue weighted by molar-refractivity contribution is 7.92. The first-order valence-corrected chi connectivity index (χ1v) is 10.7. The molecular weight excluding hydrogens is 370 g/mol. The normalized spacial score (nSPS) is 25.4. The Bertz CT molecular complexity index is 839. The Hall–Kier alpha value is -2.29. The number of rotatable bonds is 7. The van der Waals surface area contributed by atoms with Gasteiger partial charge in [-0.25, -0.2) is 13.2 Å². The molecule has 3 rings (SSSR count). The third-order valence-electron chi connectivity index (χ3n) is 5.09. The molecule has 0 saturated carbocycles. The van der Waals surface area contributed by atoms with Crippen molar-refractivity contribution < 1.29 is 22.7 Å². The Labute approximate surface area is 159 Å². The second-order valence-corrected chi connectivity index (χ2v) is 9.38. The minimum atomic E-state index is -3.23. The van der Waals surface area contributed by atoms with Gasteiger partial charge in [0.15, 0.2) is 9.84 Å². The van der Waals surface area contributed by atoms with Gasteiger partial charge >= 0.3 is 6.03 Å². The van der Waals surface area contributed by atoms with Crippen LogP contribution in [0.2, 0.25) is 0 Å². The number of ether oxygens (including phenoxy) is 1. The smallest absolute Gasteiger partial charge is 0.315 e. The fraction of sp³-hybridized carbons (Fsp3) is 0.556. The Morgan fingerprint density at radius 2 is 2.07 bits per heavy atom. The van der Waals surface area contributed by atoms with Crippen LogP contribution in [0.4, 0.5) is 10.5 Å². The Balaban J connectivity index is 1.48. The van der Waals surface area contributed by atoms with Gasteiger partial charge in [-0.3, -0.25) is 4.79 Å². The third kappa shape index (κ3) is 4.35. The SMILES string of the molecule is COc1ccc(C)cc1NC(=O)CCCC[C@@H]1[C@H]2NC(=O)N[C@@H]2CS1(=O)=O. The zero-order valence-electron chi connectivity index (χ0n) is 15.4. The summed E-state index contributed by atoms with van der Waals surface area (Å²) in [7, 11) is -1.68. The molecule has 8 nitrogen and oxygen atoms in total. The average molecular weight is 395 g/mol. The van der Waals surface area contributed by atoms with Gasteiger partial charge in [-0.1, -0.05) is 12.5 Å². The summed E-state index contributed by atoms with van der Waals surface area (Å²) in [4.78, 5) is 23.6. The summed E-state index contributed by atoms with van der Waals surface area (Å²) in [5, 5.41) is 7.61. The summed E-state index contributed by atoms with van der Waals surface area (Å²) < 4.78 is 29.8. The molecule has 3 N–H and O–H groups in total. The van der Waals surface area contributed by atoms with Crippen molar-refractivity contribution in [2.75, 3.05) is 18.2 Å². The summed E-state index contributed by atoms with van der Waals surface area (Å²) in [6.45, 7) is 1.93. The molecule has 0 unspecified atom stereocenters. The number of amides is 3. The van der Waals surface area contributed by atoms with Gasteiger partial charge in [0.1, 0.15) is 5.75 Å². The van der Waals surface area contributed by atoms with Crippen molar-refractivity contribution in [2.24, 2.45) is 0 Å². The molecule has 1 aromatic rings. The van der Waals surface area contributed by atoms with E-state index in [9.17, 15) is 18.0 Å². The zero-order chi connectivity index (χ0) is 19.6. The van der Waals surface area contributed by atoms with Gasteiger partial charge in [0, 0.05) is 6.42 Å². The first-order chi connectivity index (χ1) is 12.8. The lowest BCUT2D eigenvalue weighted by Crippen LogP contribution is -2.39. The predicted octanol–water partition coefficient (Wildman–Crippen LogP) is 1.35. The highest BCUT2D eigenvalue weighted by Gasteiger charge is 2.51. The van der Waals surface area contributed by atoms with Gasteiger partial charge in [0.25, 0.3) is 0 Å². The first kappa shape index (κ1) is 19.5. The number of urea groups is 1. The van der Waals surface area contributed by atoms with Crippen molar-refractivity contribution >= 4 is 27.5 Å². The maximum Gasteiger partial charge on any atom is 0.315 e. The van der Waals surface area contributed by atoms with E-state index in [2.05, 4.69) is 16.0 Å². The minimum absolute atomic E-state index is 0.0191. The number of benzene rings is 1. The van der Waals surface area contributed by atoms with Crippen LogP contribution in [0.15, 0.2) is 18.2 Å². The molecule has 27 heavy (non-hydrogen) atoms. The van der Waals surface area contributed by atoms with Crippen LogP contribution in [0.25, 0.3) is 0 Å². The number of carbonyl (C=O) groups excluding carboxylic acids is 2. The van der Waals surface area contributed by atoms with Crippen LogP contribution >= 0.6 is 0 Å². The maximum atomic E-state index is 12.3. The van der Waals surface area contributed by atoms with Gasteiger partial charge in [-0.15, -0.1) is 0 Å². The molecule has 3 atom stereocenters. The van der Waals surface area contributed by atoms with Crippen molar-refractivity contribution in [3.63, 3.8) is 0 Å². The van der Waals surface area contributed by atoms with E-state index in [1.165, 1.54) is 0 Å². The fourth-order valence-corrected chi connectivity index (χ4v) is 6.04. The van der Waals surface area contributed by atoms with Crippen molar-refractivity contribution in [2.45, 2.75) is 49.9 Å². The average Bonchev–Trinajstić information content (AvgIpc) is 3.03. The molecule has 2 heterocycles. The number of unbranched alkanes of at least 4 members (excludes halogenated alkanes) is 1. The summed E-state index contributed by atoms with van der Waals surface area (Å²) in [5.41, 5.74) is 1.64. The fourth-order valence-electron chi connectivity index (χ4n) is 3.77. The van der Waals surface area contributed by atoms with Crippen LogP contribution in [0.1, 0.15) is 31.2 Å². The zero-order valence-corrected chi connectivity index (χ0v) is 16.3. The van der Waals surface area contributed by atoms with E-state index in [4.69, 9.17) is 4.74 Å². The largest absolute Gasteiger partial charge is 0.495 e. The molecule has 2 aliphatic rings. The summed E-state index contributed by atoms with van der Waals surface area (Å²) in [6, 6.07) is 4.53. The van der Waals surface area contributed by atoms with Gasteiger partial charge in [0.05, 0.1) is 35.9 Å². The summed E-state index contributed by atoms with van der Waals surface area (Å²) >= 11 is 0. The highest BCUT2D eigenvalue weighted by atomic mass is 32.2. The van der Waals surface area contributed by atoms with E-state index in [-0.39, 0.29) is 29.8 Å². The molecule has 2 saturated heterocycles. The van der Waals surface area contributed by atoms with E-state index in [0.29, 0.717) is 37.1 Å². The molecule has 2 aliphatic heterocycles. The van der Waals surface area contributed by atoms with E-state index < -0.39 is 15.1 Å². The monoisotopic (exact) mass is 395 g/mol. The van der Waals surface area contributed by atoms with Gasteiger partial charge < -0.3 is 20.7 Å². The molecule has 3 amide bonds. The van der Waals surface area contributed by atoms with E-state index in [0.717, 1.165) is 5.56 Å². The number of methoxy groups -OCH3 is 1. The quantitative estimate of drug-likeness (QED) is 0.476. The lowest BCUT2D eigenvalue weighted by Gasteiger charge is -2.16. The molecule has 0 aliphatic carbocycles. The van der Waals surface area contributed by atoms with Crippen LogP contribution < -0.4 is 20.7 Å². The minimum Gasteiger partial charge on any atom is -0.495 e. The molecule has 1 aromatic carbocycles. The number of anilines is 1. The van der Waals surface area contributed by atoms with Crippen molar-refractivity contribution in [3.05, 3.63) is 23.8 Å². The van der Waals surface area contributed by atoms with Gasteiger partial charge in [-0.2, -0.15) is 0 Å². The van der Waals surface area contributed by atoms with E-state index in [1.807, 2.05) is 19.1 Å². The number of hydrogen-bond donors (Lipinski definition) is 3. The van der Waals surface area contributed by atoms with Crippen molar-refractivity contribution in [1.29, 1.82) is 0 Å². The topological polar surface area (TPSA) is 114 Å². The molecule has 0 bridgehead atoms. The van der Waals surface area contributed by atoms with Gasteiger partial charge in [0.2, 0.25) is 5.91 Å². The third-order valence-corrected chi connectivity index (χ3v) is 7.37. The Morgan fingerprint density at radius 1 is 1.30 bits per heavy atom. The second kappa shape index (κ2) is 7.75. The maximum absolute atomic E-state index is 12.3.